The van der Waals surface area contributed by atoms with E-state index in [0.29, 0.717) is 17.9 Å². The van der Waals surface area contributed by atoms with Crippen LogP contribution in [0.1, 0.15) is 17.1 Å². The summed E-state index contributed by atoms with van der Waals surface area (Å²) >= 11 is 0. The van der Waals surface area contributed by atoms with Gasteiger partial charge in [-0.3, -0.25) is 9.69 Å². The fourth-order valence-electron chi connectivity index (χ4n) is 2.12. The maximum Gasteiger partial charge on any atom is 0.238 e. The van der Waals surface area contributed by atoms with Gasteiger partial charge in [0.1, 0.15) is 11.5 Å². The van der Waals surface area contributed by atoms with Gasteiger partial charge in [-0.15, -0.1) is 0 Å². The fourth-order valence-corrected chi connectivity index (χ4v) is 2.12. The Kier molecular flexibility index (Phi) is 4.65. The number of carbonyl (C=O) groups excluding carboxylic acids is 1. The summed E-state index contributed by atoms with van der Waals surface area (Å²) in [6.45, 7) is 4.72. The molecular weight excluding hydrogens is 266 g/mol. The molecule has 0 bridgehead atoms. The van der Waals surface area contributed by atoms with Crippen molar-refractivity contribution >= 4 is 17.3 Å². The lowest BCUT2D eigenvalue weighted by atomic mass is 10.2. The van der Waals surface area contributed by atoms with Gasteiger partial charge in [0.2, 0.25) is 5.91 Å². The molecule has 1 heterocycles. The molecule has 5 nitrogen and oxygen atoms in total. The molecule has 0 aliphatic carbocycles. The summed E-state index contributed by atoms with van der Waals surface area (Å²) in [5.74, 6) is 1.62. The Morgan fingerprint density at radius 3 is 2.67 bits per heavy atom. The van der Waals surface area contributed by atoms with Gasteiger partial charge >= 0.3 is 0 Å². The molecule has 21 heavy (non-hydrogen) atoms. The number of rotatable bonds is 5. The number of carbonyl (C=O) groups is 1. The molecule has 0 spiro atoms. The molecule has 1 aromatic heterocycles. The molecule has 1 aromatic carbocycles. The van der Waals surface area contributed by atoms with E-state index in [1.54, 1.807) is 0 Å². The highest BCUT2D eigenvalue weighted by Gasteiger charge is 2.10. The SMILES string of the molecule is Cc1ccc(NC(=O)CN(C)Cc2ccc(C)o2)c(N)c1. The van der Waals surface area contributed by atoms with Gasteiger partial charge in [0, 0.05) is 0 Å². The zero-order chi connectivity index (χ0) is 15.4. The van der Waals surface area contributed by atoms with Crippen molar-refractivity contribution in [1.82, 2.24) is 4.90 Å². The predicted octanol–water partition coefficient (Wildman–Crippen LogP) is 2.55. The number of likely N-dealkylation sites (N-methyl/N-ethyl adjacent to an activating group) is 1. The van der Waals surface area contributed by atoms with Gasteiger partial charge in [-0.25, -0.2) is 0 Å². The number of anilines is 2. The summed E-state index contributed by atoms with van der Waals surface area (Å²) in [6, 6.07) is 9.41. The van der Waals surface area contributed by atoms with Crippen LogP contribution >= 0.6 is 0 Å². The van der Waals surface area contributed by atoms with Gasteiger partial charge in [-0.05, 0) is 50.7 Å². The predicted molar refractivity (Wildman–Crippen MR) is 84.0 cm³/mol. The molecule has 0 aliphatic heterocycles. The maximum atomic E-state index is 12.0. The second-order valence-electron chi connectivity index (χ2n) is 5.32. The molecule has 0 unspecified atom stereocenters. The molecule has 1 amide bonds. The van der Waals surface area contributed by atoms with Gasteiger partial charge in [0.05, 0.1) is 24.5 Å². The van der Waals surface area contributed by atoms with E-state index in [1.807, 2.05) is 56.1 Å². The van der Waals surface area contributed by atoms with Crippen LogP contribution in [0.4, 0.5) is 11.4 Å². The van der Waals surface area contributed by atoms with Crippen LogP contribution in [0.3, 0.4) is 0 Å². The number of amides is 1. The topological polar surface area (TPSA) is 71.5 Å². The average Bonchev–Trinajstić information content (AvgIpc) is 2.78. The van der Waals surface area contributed by atoms with Crippen LogP contribution in [0.2, 0.25) is 0 Å². The van der Waals surface area contributed by atoms with E-state index in [9.17, 15) is 4.79 Å². The van der Waals surface area contributed by atoms with Crippen LogP contribution in [-0.2, 0) is 11.3 Å². The number of nitrogen functional groups attached to an aromatic ring is 1. The molecule has 5 heteroatoms. The zero-order valence-electron chi connectivity index (χ0n) is 12.6. The second-order valence-corrected chi connectivity index (χ2v) is 5.32. The summed E-state index contributed by atoms with van der Waals surface area (Å²) < 4.78 is 5.49. The van der Waals surface area contributed by atoms with Gasteiger partial charge in [-0.2, -0.15) is 0 Å². The molecule has 0 radical (unpaired) electrons. The van der Waals surface area contributed by atoms with Crippen molar-refractivity contribution in [3.05, 3.63) is 47.4 Å². The first-order valence-corrected chi connectivity index (χ1v) is 6.84. The molecule has 0 saturated carbocycles. The van der Waals surface area contributed by atoms with Gasteiger partial charge in [0.25, 0.3) is 0 Å². The van der Waals surface area contributed by atoms with Crippen molar-refractivity contribution in [3.8, 4) is 0 Å². The third kappa shape index (κ3) is 4.36. The van der Waals surface area contributed by atoms with Crippen LogP contribution in [0.5, 0.6) is 0 Å². The first-order chi connectivity index (χ1) is 9.94. The smallest absolute Gasteiger partial charge is 0.238 e. The van der Waals surface area contributed by atoms with Gasteiger partial charge in [-0.1, -0.05) is 6.07 Å². The first kappa shape index (κ1) is 15.1. The van der Waals surface area contributed by atoms with Crippen molar-refractivity contribution in [3.63, 3.8) is 0 Å². The molecule has 0 fully saturated rings. The lowest BCUT2D eigenvalue weighted by molar-refractivity contribution is -0.117. The van der Waals surface area contributed by atoms with Gasteiger partial charge in [0.15, 0.2) is 0 Å². The Morgan fingerprint density at radius 1 is 1.29 bits per heavy atom. The highest BCUT2D eigenvalue weighted by atomic mass is 16.3. The minimum absolute atomic E-state index is 0.101. The van der Waals surface area contributed by atoms with E-state index in [2.05, 4.69) is 5.32 Å². The number of nitrogens with one attached hydrogen (secondary N) is 1. The molecule has 2 rings (SSSR count). The van der Waals surface area contributed by atoms with E-state index in [1.165, 1.54) is 0 Å². The van der Waals surface area contributed by atoms with Crippen LogP contribution in [0.25, 0.3) is 0 Å². The highest BCUT2D eigenvalue weighted by Crippen LogP contribution is 2.19. The van der Waals surface area contributed by atoms with Crippen LogP contribution in [0.15, 0.2) is 34.7 Å². The minimum atomic E-state index is -0.101. The van der Waals surface area contributed by atoms with E-state index in [0.717, 1.165) is 17.1 Å². The van der Waals surface area contributed by atoms with Crippen LogP contribution < -0.4 is 11.1 Å². The van der Waals surface area contributed by atoms with Crippen molar-refractivity contribution in [2.24, 2.45) is 0 Å². The van der Waals surface area contributed by atoms with Crippen LogP contribution in [0, 0.1) is 13.8 Å². The Labute approximate surface area is 124 Å². The highest BCUT2D eigenvalue weighted by molar-refractivity contribution is 5.95. The van der Waals surface area contributed by atoms with Gasteiger partial charge < -0.3 is 15.5 Å². The quantitative estimate of drug-likeness (QED) is 0.829. The number of hydrogen-bond acceptors (Lipinski definition) is 4. The molecule has 0 atom stereocenters. The third-order valence-electron chi connectivity index (χ3n) is 3.12. The maximum absolute atomic E-state index is 12.0. The van der Waals surface area contributed by atoms with Crippen molar-refractivity contribution in [2.45, 2.75) is 20.4 Å². The number of hydrogen-bond donors (Lipinski definition) is 2. The summed E-state index contributed by atoms with van der Waals surface area (Å²) in [7, 11) is 1.87. The number of nitrogens with two attached hydrogens (primary N) is 1. The number of benzene rings is 1. The Morgan fingerprint density at radius 2 is 2.05 bits per heavy atom. The Balaban J connectivity index is 1.89. The monoisotopic (exact) mass is 287 g/mol. The number of aryl methyl sites for hydroxylation is 2. The van der Waals surface area contributed by atoms with E-state index in [-0.39, 0.29) is 12.5 Å². The molecule has 0 saturated heterocycles. The standard InChI is InChI=1S/C16H21N3O2/c1-11-4-7-15(14(17)8-11)18-16(20)10-19(3)9-13-6-5-12(2)21-13/h4-8H,9-10,17H2,1-3H3,(H,18,20). The van der Waals surface area contributed by atoms with Crippen molar-refractivity contribution < 1.29 is 9.21 Å². The zero-order valence-corrected chi connectivity index (χ0v) is 12.6. The van der Waals surface area contributed by atoms with Crippen LogP contribution in [-0.4, -0.2) is 24.4 Å². The third-order valence-corrected chi connectivity index (χ3v) is 3.12. The van der Waals surface area contributed by atoms with E-state index >= 15 is 0 Å². The summed E-state index contributed by atoms with van der Waals surface area (Å²) in [4.78, 5) is 13.9. The molecular formula is C16H21N3O2. The van der Waals surface area contributed by atoms with Crippen molar-refractivity contribution in [2.75, 3.05) is 24.6 Å². The number of furan rings is 1. The summed E-state index contributed by atoms with van der Waals surface area (Å²) in [5, 5.41) is 2.82. The normalized spacial score (nSPS) is 10.9. The minimum Gasteiger partial charge on any atom is -0.465 e. The summed E-state index contributed by atoms with van der Waals surface area (Å²) in [6.07, 6.45) is 0. The van der Waals surface area contributed by atoms with E-state index < -0.39 is 0 Å². The Hall–Kier alpha value is -2.27. The number of nitrogens with zero attached hydrogens (tertiary/aromatic N) is 1. The second kappa shape index (κ2) is 6.45. The van der Waals surface area contributed by atoms with Crippen molar-refractivity contribution in [1.29, 1.82) is 0 Å². The lowest BCUT2D eigenvalue weighted by Gasteiger charge is -2.15. The molecule has 2 aromatic rings. The lowest BCUT2D eigenvalue weighted by Crippen LogP contribution is -2.29. The average molecular weight is 287 g/mol. The first-order valence-electron chi connectivity index (χ1n) is 6.84. The summed E-state index contributed by atoms with van der Waals surface area (Å²) in [5.41, 5.74) is 8.17. The Bertz CT molecular complexity index is 634. The van der Waals surface area contributed by atoms with E-state index in [4.69, 9.17) is 10.2 Å². The fraction of sp³-hybridized carbons (Fsp3) is 0.312. The molecule has 112 valence electrons. The largest absolute Gasteiger partial charge is 0.465 e. The molecule has 0 aliphatic rings. The molecule has 3 N–H and O–H groups in total.